The van der Waals surface area contributed by atoms with Gasteiger partial charge in [0.15, 0.2) is 0 Å². The maximum absolute atomic E-state index is 10.1. The van der Waals surface area contributed by atoms with Crippen LogP contribution in [0.25, 0.3) is 0 Å². The van der Waals surface area contributed by atoms with Crippen molar-refractivity contribution in [1.29, 1.82) is 0 Å². The van der Waals surface area contributed by atoms with Gasteiger partial charge in [0.1, 0.15) is 0 Å². The Hall–Kier alpha value is -0.670. The van der Waals surface area contributed by atoms with E-state index in [1.807, 2.05) is 31.2 Å². The highest BCUT2D eigenvalue weighted by molar-refractivity contribution is 7.99. The second-order valence-electron chi connectivity index (χ2n) is 2.95. The number of carbonyl (C=O) groups is 1. The maximum Gasteiger partial charge on any atom is 0.207 e. The quantitative estimate of drug-likeness (QED) is 0.621. The molecule has 1 aromatic rings. The topological polar surface area (TPSA) is 29.1 Å². The normalized spacial score (nSPS) is 12.1. The van der Waals surface area contributed by atoms with Crippen LogP contribution in [0, 0.1) is 0 Å². The SMILES string of the molecule is CC(CSc1ccc(Cl)cc1)NC=O. The Bertz CT molecular complexity index is 289. The first-order chi connectivity index (χ1) is 6.72. The monoisotopic (exact) mass is 229 g/mol. The molecular weight excluding hydrogens is 218 g/mol. The molecule has 1 N–H and O–H groups in total. The lowest BCUT2D eigenvalue weighted by Crippen LogP contribution is -2.26. The highest BCUT2D eigenvalue weighted by Gasteiger charge is 2.00. The van der Waals surface area contributed by atoms with Crippen LogP contribution in [0.4, 0.5) is 0 Å². The molecule has 0 aliphatic carbocycles. The lowest BCUT2D eigenvalue weighted by Gasteiger charge is -2.08. The van der Waals surface area contributed by atoms with Crippen LogP contribution in [0.5, 0.6) is 0 Å². The van der Waals surface area contributed by atoms with Crippen molar-refractivity contribution in [2.24, 2.45) is 0 Å². The van der Waals surface area contributed by atoms with Crippen molar-refractivity contribution >= 4 is 29.8 Å². The summed E-state index contributed by atoms with van der Waals surface area (Å²) in [5.41, 5.74) is 0. The highest BCUT2D eigenvalue weighted by atomic mass is 35.5. The number of hydrogen-bond acceptors (Lipinski definition) is 2. The summed E-state index contributed by atoms with van der Waals surface area (Å²) in [4.78, 5) is 11.3. The Labute approximate surface area is 93.0 Å². The van der Waals surface area contributed by atoms with E-state index < -0.39 is 0 Å². The minimum atomic E-state index is 0.188. The molecule has 0 saturated heterocycles. The van der Waals surface area contributed by atoms with Crippen molar-refractivity contribution < 1.29 is 4.79 Å². The van der Waals surface area contributed by atoms with Crippen molar-refractivity contribution in [2.45, 2.75) is 17.9 Å². The minimum Gasteiger partial charge on any atom is -0.355 e. The molecule has 0 aliphatic rings. The molecule has 2 nitrogen and oxygen atoms in total. The second kappa shape index (κ2) is 5.94. The number of halogens is 1. The van der Waals surface area contributed by atoms with Crippen LogP contribution in [-0.2, 0) is 4.79 Å². The first kappa shape index (κ1) is 11.4. The van der Waals surface area contributed by atoms with E-state index >= 15 is 0 Å². The molecule has 1 amide bonds. The fourth-order valence-electron chi connectivity index (χ4n) is 0.916. The predicted molar refractivity (Wildman–Crippen MR) is 60.8 cm³/mol. The van der Waals surface area contributed by atoms with E-state index in [-0.39, 0.29) is 6.04 Å². The van der Waals surface area contributed by atoms with Crippen LogP contribution in [0.3, 0.4) is 0 Å². The fraction of sp³-hybridized carbons (Fsp3) is 0.300. The van der Waals surface area contributed by atoms with Crippen LogP contribution in [-0.4, -0.2) is 18.2 Å². The van der Waals surface area contributed by atoms with E-state index in [0.29, 0.717) is 0 Å². The van der Waals surface area contributed by atoms with E-state index in [4.69, 9.17) is 11.6 Å². The van der Waals surface area contributed by atoms with Gasteiger partial charge < -0.3 is 5.32 Å². The molecule has 0 saturated carbocycles. The van der Waals surface area contributed by atoms with E-state index in [2.05, 4.69) is 5.32 Å². The van der Waals surface area contributed by atoms with Crippen molar-refractivity contribution in [3.63, 3.8) is 0 Å². The van der Waals surface area contributed by atoms with Crippen molar-refractivity contribution in [3.05, 3.63) is 29.3 Å². The summed E-state index contributed by atoms with van der Waals surface area (Å²) in [6.45, 7) is 1.97. The third-order valence-corrected chi connectivity index (χ3v) is 3.19. The molecule has 0 fully saturated rings. The molecule has 1 rings (SSSR count). The molecule has 0 bridgehead atoms. The molecular formula is C10H12ClNOS. The molecule has 4 heteroatoms. The number of amides is 1. The molecule has 14 heavy (non-hydrogen) atoms. The molecule has 1 atom stereocenters. The number of hydrogen-bond donors (Lipinski definition) is 1. The first-order valence-electron chi connectivity index (χ1n) is 4.30. The number of benzene rings is 1. The average Bonchev–Trinajstić information content (AvgIpc) is 2.17. The van der Waals surface area contributed by atoms with Gasteiger partial charge in [0.2, 0.25) is 6.41 Å². The Morgan fingerprint density at radius 1 is 1.50 bits per heavy atom. The Balaban J connectivity index is 2.37. The summed E-state index contributed by atoms with van der Waals surface area (Å²) in [6.07, 6.45) is 0.729. The van der Waals surface area contributed by atoms with Crippen LogP contribution in [0.1, 0.15) is 6.92 Å². The predicted octanol–water partition coefficient (Wildman–Crippen LogP) is 2.57. The van der Waals surface area contributed by atoms with Gasteiger partial charge in [-0.1, -0.05) is 11.6 Å². The Morgan fingerprint density at radius 3 is 2.71 bits per heavy atom. The van der Waals surface area contributed by atoms with Gasteiger partial charge in [0, 0.05) is 21.7 Å². The first-order valence-corrected chi connectivity index (χ1v) is 5.67. The third-order valence-electron chi connectivity index (χ3n) is 1.67. The van der Waals surface area contributed by atoms with Crippen molar-refractivity contribution in [2.75, 3.05) is 5.75 Å². The molecule has 0 aromatic heterocycles. The number of nitrogens with one attached hydrogen (secondary N) is 1. The molecule has 0 aliphatic heterocycles. The van der Waals surface area contributed by atoms with Gasteiger partial charge >= 0.3 is 0 Å². The van der Waals surface area contributed by atoms with E-state index in [1.54, 1.807) is 11.8 Å². The number of carbonyl (C=O) groups excluding carboxylic acids is 1. The zero-order valence-electron chi connectivity index (χ0n) is 7.87. The summed E-state index contributed by atoms with van der Waals surface area (Å²) in [5.74, 6) is 0.861. The third kappa shape index (κ3) is 4.03. The van der Waals surface area contributed by atoms with Gasteiger partial charge in [0.05, 0.1) is 0 Å². The van der Waals surface area contributed by atoms with E-state index in [0.717, 1.165) is 22.1 Å². The Kier molecular flexibility index (Phi) is 4.84. The molecule has 0 spiro atoms. The summed E-state index contributed by atoms with van der Waals surface area (Å²) < 4.78 is 0. The highest BCUT2D eigenvalue weighted by Crippen LogP contribution is 2.20. The van der Waals surface area contributed by atoms with Gasteiger partial charge in [0.25, 0.3) is 0 Å². The summed E-state index contributed by atoms with van der Waals surface area (Å²) in [6, 6.07) is 7.86. The zero-order chi connectivity index (χ0) is 10.4. The van der Waals surface area contributed by atoms with Crippen molar-refractivity contribution in [3.8, 4) is 0 Å². The van der Waals surface area contributed by atoms with E-state index in [9.17, 15) is 4.79 Å². The van der Waals surface area contributed by atoms with Gasteiger partial charge in [-0.3, -0.25) is 4.79 Å². The lowest BCUT2D eigenvalue weighted by atomic mass is 10.4. The van der Waals surface area contributed by atoms with Crippen LogP contribution in [0.15, 0.2) is 29.2 Å². The zero-order valence-corrected chi connectivity index (χ0v) is 9.44. The number of thioether (sulfide) groups is 1. The largest absolute Gasteiger partial charge is 0.355 e. The standard InChI is InChI=1S/C10H12ClNOS/c1-8(12-7-13)6-14-10-4-2-9(11)3-5-10/h2-5,7-8H,6H2,1H3,(H,12,13). The van der Waals surface area contributed by atoms with Crippen molar-refractivity contribution in [1.82, 2.24) is 5.32 Å². The minimum absolute atomic E-state index is 0.188. The Morgan fingerprint density at radius 2 is 2.14 bits per heavy atom. The fourth-order valence-corrected chi connectivity index (χ4v) is 1.91. The van der Waals surface area contributed by atoms with Crippen LogP contribution >= 0.6 is 23.4 Å². The summed E-state index contributed by atoms with van der Waals surface area (Å²) in [7, 11) is 0. The van der Waals surface area contributed by atoms with Crippen LogP contribution < -0.4 is 5.32 Å². The summed E-state index contributed by atoms with van der Waals surface area (Å²) >= 11 is 7.45. The maximum atomic E-state index is 10.1. The molecule has 1 aromatic carbocycles. The smallest absolute Gasteiger partial charge is 0.207 e. The molecule has 0 heterocycles. The average molecular weight is 230 g/mol. The number of rotatable bonds is 5. The van der Waals surface area contributed by atoms with Gasteiger partial charge in [-0.25, -0.2) is 0 Å². The van der Waals surface area contributed by atoms with Gasteiger partial charge in [-0.05, 0) is 31.2 Å². The van der Waals surface area contributed by atoms with Gasteiger partial charge in [-0.2, -0.15) is 0 Å². The summed E-state index contributed by atoms with van der Waals surface area (Å²) in [5, 5.41) is 3.44. The molecule has 76 valence electrons. The lowest BCUT2D eigenvalue weighted by molar-refractivity contribution is -0.109. The van der Waals surface area contributed by atoms with Gasteiger partial charge in [-0.15, -0.1) is 11.8 Å². The molecule has 1 unspecified atom stereocenters. The molecule has 0 radical (unpaired) electrons. The van der Waals surface area contributed by atoms with Crippen LogP contribution in [0.2, 0.25) is 5.02 Å². The van der Waals surface area contributed by atoms with E-state index in [1.165, 1.54) is 0 Å². The second-order valence-corrected chi connectivity index (χ2v) is 4.48.